The first kappa shape index (κ1) is 16.3. The number of nitrogens with one attached hydrogen (secondary N) is 2. The van der Waals surface area contributed by atoms with E-state index in [0.717, 1.165) is 51.5 Å². The topological polar surface area (TPSA) is 78.4 Å². The normalized spacial score (nSPS) is 34.0. The van der Waals surface area contributed by atoms with Crippen molar-refractivity contribution in [1.82, 2.24) is 10.6 Å². The molecule has 0 aromatic heterocycles. The molecule has 21 heavy (non-hydrogen) atoms. The number of amides is 1. The largest absolute Gasteiger partial charge is 0.481 e. The Balaban J connectivity index is 2.06. The third-order valence-corrected chi connectivity index (χ3v) is 5.28. The average molecular weight is 296 g/mol. The van der Waals surface area contributed by atoms with Gasteiger partial charge < -0.3 is 15.7 Å². The van der Waals surface area contributed by atoms with Crippen LogP contribution in [0.15, 0.2) is 0 Å². The second-order valence-electron chi connectivity index (χ2n) is 6.58. The van der Waals surface area contributed by atoms with E-state index < -0.39 is 11.9 Å². The molecule has 1 saturated carbocycles. The highest BCUT2D eigenvalue weighted by molar-refractivity contribution is 5.84. The molecule has 120 valence electrons. The Morgan fingerprint density at radius 3 is 2.62 bits per heavy atom. The van der Waals surface area contributed by atoms with Crippen LogP contribution in [-0.4, -0.2) is 36.1 Å². The zero-order chi connectivity index (χ0) is 15.3. The maximum Gasteiger partial charge on any atom is 0.308 e. The molecule has 0 aromatic rings. The Morgan fingerprint density at radius 2 is 2.00 bits per heavy atom. The van der Waals surface area contributed by atoms with Gasteiger partial charge in [-0.3, -0.25) is 9.59 Å². The third-order valence-electron chi connectivity index (χ3n) is 5.28. The van der Waals surface area contributed by atoms with Gasteiger partial charge in [0.15, 0.2) is 0 Å². The molecule has 1 aliphatic carbocycles. The molecule has 5 nitrogen and oxygen atoms in total. The van der Waals surface area contributed by atoms with Gasteiger partial charge in [-0.15, -0.1) is 0 Å². The fraction of sp³-hybridized carbons (Fsp3) is 0.875. The van der Waals surface area contributed by atoms with Gasteiger partial charge in [0, 0.05) is 12.6 Å². The number of piperidine rings is 1. The number of carboxylic acids is 1. The molecule has 0 bridgehead atoms. The number of carbonyl (C=O) groups is 2. The van der Waals surface area contributed by atoms with Crippen LogP contribution in [0.4, 0.5) is 0 Å². The number of hydrogen-bond acceptors (Lipinski definition) is 3. The van der Waals surface area contributed by atoms with Gasteiger partial charge in [0.1, 0.15) is 0 Å². The molecule has 2 rings (SSSR count). The molecule has 1 heterocycles. The van der Waals surface area contributed by atoms with E-state index in [2.05, 4.69) is 10.6 Å². The van der Waals surface area contributed by atoms with Crippen LogP contribution in [0.1, 0.15) is 58.3 Å². The first-order chi connectivity index (χ1) is 10.1. The Bertz CT molecular complexity index is 378. The van der Waals surface area contributed by atoms with E-state index in [0.29, 0.717) is 13.0 Å². The molecule has 0 aromatic carbocycles. The molecule has 0 radical (unpaired) electrons. The highest BCUT2D eigenvalue weighted by atomic mass is 16.4. The maximum atomic E-state index is 12.8. The van der Waals surface area contributed by atoms with E-state index in [1.165, 1.54) is 0 Å². The summed E-state index contributed by atoms with van der Waals surface area (Å²) in [5.41, 5.74) is -0.354. The van der Waals surface area contributed by atoms with Crippen LogP contribution in [0.3, 0.4) is 0 Å². The second kappa shape index (κ2) is 7.25. The smallest absolute Gasteiger partial charge is 0.308 e. The average Bonchev–Trinajstić information content (AvgIpc) is 2.73. The molecule has 3 unspecified atom stereocenters. The molecule has 0 spiro atoms. The highest BCUT2D eigenvalue weighted by Gasteiger charge is 2.40. The van der Waals surface area contributed by atoms with E-state index in [4.69, 9.17) is 0 Å². The molecule has 1 aliphatic heterocycles. The summed E-state index contributed by atoms with van der Waals surface area (Å²) in [6.07, 6.45) is 7.19. The molecule has 2 fully saturated rings. The number of aliphatic carboxylic acids is 1. The summed E-state index contributed by atoms with van der Waals surface area (Å²) in [6, 6.07) is -0.206. The van der Waals surface area contributed by atoms with E-state index in [1.807, 2.05) is 6.92 Å². The minimum Gasteiger partial charge on any atom is -0.481 e. The van der Waals surface area contributed by atoms with Gasteiger partial charge in [-0.2, -0.15) is 0 Å². The summed E-state index contributed by atoms with van der Waals surface area (Å²) in [7, 11) is 0. The van der Waals surface area contributed by atoms with Crippen molar-refractivity contribution in [2.24, 2.45) is 11.3 Å². The van der Waals surface area contributed by atoms with Gasteiger partial charge in [-0.05, 0) is 38.6 Å². The van der Waals surface area contributed by atoms with Gasteiger partial charge in [0.05, 0.1) is 11.3 Å². The molecule has 1 saturated heterocycles. The fourth-order valence-electron chi connectivity index (χ4n) is 3.72. The minimum absolute atomic E-state index is 0.0513. The van der Waals surface area contributed by atoms with Crippen molar-refractivity contribution in [3.05, 3.63) is 0 Å². The van der Waals surface area contributed by atoms with Crippen molar-refractivity contribution in [2.45, 2.75) is 64.3 Å². The summed E-state index contributed by atoms with van der Waals surface area (Å²) in [5, 5.41) is 15.8. The summed E-state index contributed by atoms with van der Waals surface area (Å²) in [5.74, 6) is -1.15. The highest BCUT2D eigenvalue weighted by Crippen LogP contribution is 2.32. The number of hydrogen-bond donors (Lipinski definition) is 3. The van der Waals surface area contributed by atoms with E-state index >= 15 is 0 Å². The van der Waals surface area contributed by atoms with Crippen LogP contribution >= 0.6 is 0 Å². The summed E-state index contributed by atoms with van der Waals surface area (Å²) in [4.78, 5) is 24.2. The second-order valence-corrected chi connectivity index (χ2v) is 6.58. The lowest BCUT2D eigenvalue weighted by Crippen LogP contribution is -2.54. The standard InChI is InChI=1S/C16H28N2O3/c1-2-16(9-6-10-17-11-16)15(21)18-13-8-5-3-4-7-12(13)14(19)20/h12-13,17H,2-11H2,1H3,(H,18,21)(H,19,20). The molecular formula is C16H28N2O3. The quantitative estimate of drug-likeness (QED) is 0.693. The molecule has 3 atom stereocenters. The van der Waals surface area contributed by atoms with E-state index in [9.17, 15) is 14.7 Å². The zero-order valence-electron chi connectivity index (χ0n) is 13.0. The molecule has 2 aliphatic rings. The van der Waals surface area contributed by atoms with Gasteiger partial charge in [-0.1, -0.05) is 26.2 Å². The van der Waals surface area contributed by atoms with Crippen molar-refractivity contribution in [3.63, 3.8) is 0 Å². The first-order valence-electron chi connectivity index (χ1n) is 8.33. The van der Waals surface area contributed by atoms with Gasteiger partial charge in [0.2, 0.25) is 5.91 Å². The van der Waals surface area contributed by atoms with Crippen LogP contribution in [0, 0.1) is 11.3 Å². The van der Waals surface area contributed by atoms with Crippen LogP contribution < -0.4 is 10.6 Å². The molecule has 3 N–H and O–H groups in total. The van der Waals surface area contributed by atoms with Crippen molar-refractivity contribution in [3.8, 4) is 0 Å². The summed E-state index contributed by atoms with van der Waals surface area (Å²) < 4.78 is 0. The Kier molecular flexibility index (Phi) is 5.62. The van der Waals surface area contributed by atoms with Crippen LogP contribution in [0.2, 0.25) is 0 Å². The number of carbonyl (C=O) groups excluding carboxylic acids is 1. The predicted molar refractivity (Wildman–Crippen MR) is 81.0 cm³/mol. The fourth-order valence-corrected chi connectivity index (χ4v) is 3.72. The van der Waals surface area contributed by atoms with Crippen molar-refractivity contribution < 1.29 is 14.7 Å². The van der Waals surface area contributed by atoms with Crippen LogP contribution in [0.5, 0.6) is 0 Å². The number of rotatable bonds is 4. The van der Waals surface area contributed by atoms with Crippen molar-refractivity contribution >= 4 is 11.9 Å². The lowest BCUT2D eigenvalue weighted by atomic mass is 9.77. The predicted octanol–water partition coefficient (Wildman–Crippen LogP) is 1.92. The van der Waals surface area contributed by atoms with Crippen molar-refractivity contribution in [2.75, 3.05) is 13.1 Å². The van der Waals surface area contributed by atoms with Gasteiger partial charge in [0.25, 0.3) is 0 Å². The summed E-state index contributed by atoms with van der Waals surface area (Å²) in [6.45, 7) is 3.73. The number of carboxylic acid groups (broad SMARTS) is 1. The Labute approximate surface area is 126 Å². The molecule has 5 heteroatoms. The molecule has 1 amide bonds. The van der Waals surface area contributed by atoms with Gasteiger partial charge in [-0.25, -0.2) is 0 Å². The maximum absolute atomic E-state index is 12.8. The third kappa shape index (κ3) is 3.76. The lowest BCUT2D eigenvalue weighted by Gasteiger charge is -2.37. The van der Waals surface area contributed by atoms with E-state index in [-0.39, 0.29) is 17.4 Å². The van der Waals surface area contributed by atoms with Crippen LogP contribution in [0.25, 0.3) is 0 Å². The lowest BCUT2D eigenvalue weighted by molar-refractivity contribution is -0.144. The van der Waals surface area contributed by atoms with E-state index in [1.54, 1.807) is 0 Å². The SMILES string of the molecule is CCC1(C(=O)NC2CCCCCC2C(=O)O)CCCNC1. The van der Waals surface area contributed by atoms with Crippen molar-refractivity contribution in [1.29, 1.82) is 0 Å². The summed E-state index contributed by atoms with van der Waals surface area (Å²) >= 11 is 0. The van der Waals surface area contributed by atoms with Crippen LogP contribution in [-0.2, 0) is 9.59 Å². The minimum atomic E-state index is -0.769. The Morgan fingerprint density at radius 1 is 1.24 bits per heavy atom. The Hall–Kier alpha value is -1.10. The zero-order valence-corrected chi connectivity index (χ0v) is 13.0. The molecular weight excluding hydrogens is 268 g/mol. The monoisotopic (exact) mass is 296 g/mol. The first-order valence-corrected chi connectivity index (χ1v) is 8.33. The van der Waals surface area contributed by atoms with Gasteiger partial charge >= 0.3 is 5.97 Å².